The van der Waals surface area contributed by atoms with Gasteiger partial charge >= 0.3 is 5.97 Å². The predicted octanol–water partition coefficient (Wildman–Crippen LogP) is 2.64. The van der Waals surface area contributed by atoms with Gasteiger partial charge in [-0.2, -0.15) is 0 Å². The highest BCUT2D eigenvalue weighted by atomic mass is 16.5. The van der Waals surface area contributed by atoms with Crippen LogP contribution in [-0.4, -0.2) is 30.9 Å². The number of esters is 1. The van der Waals surface area contributed by atoms with Gasteiger partial charge in [0, 0.05) is 12.8 Å². The van der Waals surface area contributed by atoms with Crippen LogP contribution in [0.4, 0.5) is 0 Å². The van der Waals surface area contributed by atoms with Crippen LogP contribution in [0.3, 0.4) is 0 Å². The van der Waals surface area contributed by atoms with E-state index in [4.69, 9.17) is 4.74 Å². The maximum absolute atomic E-state index is 11.1. The second-order valence-corrected chi connectivity index (χ2v) is 4.86. The number of aliphatic hydroxyl groups excluding tert-OH is 1. The summed E-state index contributed by atoms with van der Waals surface area (Å²) in [7, 11) is 1.40. The van der Waals surface area contributed by atoms with E-state index in [1.54, 1.807) is 0 Å². The monoisotopic (exact) mass is 280 g/mol. The molecule has 112 valence electrons. The van der Waals surface area contributed by atoms with Crippen LogP contribution in [0.15, 0.2) is 18.2 Å². The molecule has 0 heterocycles. The lowest BCUT2D eigenvalue weighted by Crippen LogP contribution is -2.10. The summed E-state index contributed by atoms with van der Waals surface area (Å²) in [5.41, 5.74) is 2.22. The van der Waals surface area contributed by atoms with Crippen LogP contribution >= 0.6 is 0 Å². The maximum Gasteiger partial charge on any atom is 0.305 e. The van der Waals surface area contributed by atoms with E-state index in [9.17, 15) is 9.90 Å². The standard InChI is InChI=1S/C16H24O4/c1-4-14(17)9-10-20-15-7-5-13(12(2)11-15)6-8-16(18)19-3/h5,7,11,14,17H,4,6,8-10H2,1-3H3/t14-/m1/s1. The smallest absolute Gasteiger partial charge is 0.305 e. The number of carbonyl (C=O) groups excluding carboxylic acids is 1. The molecule has 0 radical (unpaired) electrons. The van der Waals surface area contributed by atoms with E-state index in [1.807, 2.05) is 32.0 Å². The molecule has 0 aliphatic heterocycles. The summed E-state index contributed by atoms with van der Waals surface area (Å²) < 4.78 is 10.2. The first-order chi connectivity index (χ1) is 9.56. The SMILES string of the molecule is CC[C@@H](O)CCOc1ccc(CCC(=O)OC)c(C)c1. The molecule has 4 nitrogen and oxygen atoms in total. The molecule has 0 saturated carbocycles. The summed E-state index contributed by atoms with van der Waals surface area (Å²) in [5, 5.41) is 9.46. The minimum atomic E-state index is -0.296. The van der Waals surface area contributed by atoms with Crippen LogP contribution < -0.4 is 4.74 Å². The van der Waals surface area contributed by atoms with Crippen molar-refractivity contribution in [3.05, 3.63) is 29.3 Å². The van der Waals surface area contributed by atoms with Crippen molar-refractivity contribution < 1.29 is 19.4 Å². The molecular weight excluding hydrogens is 256 g/mol. The van der Waals surface area contributed by atoms with Crippen LogP contribution in [0.25, 0.3) is 0 Å². The fourth-order valence-corrected chi connectivity index (χ4v) is 1.89. The van der Waals surface area contributed by atoms with Gasteiger partial charge in [-0.3, -0.25) is 4.79 Å². The Morgan fingerprint density at radius 2 is 2.15 bits per heavy atom. The molecule has 1 aromatic carbocycles. The second kappa shape index (κ2) is 8.59. The molecular formula is C16H24O4. The van der Waals surface area contributed by atoms with Crippen molar-refractivity contribution >= 4 is 5.97 Å². The van der Waals surface area contributed by atoms with Gasteiger partial charge in [-0.05, 0) is 43.0 Å². The molecule has 1 atom stereocenters. The first-order valence-corrected chi connectivity index (χ1v) is 7.04. The number of methoxy groups -OCH3 is 1. The van der Waals surface area contributed by atoms with Gasteiger partial charge in [0.25, 0.3) is 0 Å². The number of hydrogen-bond acceptors (Lipinski definition) is 4. The molecule has 4 heteroatoms. The highest BCUT2D eigenvalue weighted by molar-refractivity contribution is 5.69. The van der Waals surface area contributed by atoms with E-state index in [0.717, 1.165) is 23.3 Å². The lowest BCUT2D eigenvalue weighted by molar-refractivity contribution is -0.140. The average Bonchev–Trinajstić information content (AvgIpc) is 2.45. The van der Waals surface area contributed by atoms with Gasteiger partial charge in [0.15, 0.2) is 0 Å². The van der Waals surface area contributed by atoms with E-state index >= 15 is 0 Å². The third-order valence-corrected chi connectivity index (χ3v) is 3.33. The number of aliphatic hydroxyl groups is 1. The Labute approximate surface area is 120 Å². The molecule has 0 saturated heterocycles. The van der Waals surface area contributed by atoms with Gasteiger partial charge in [-0.15, -0.1) is 0 Å². The second-order valence-electron chi connectivity index (χ2n) is 4.86. The highest BCUT2D eigenvalue weighted by Crippen LogP contribution is 2.19. The molecule has 0 spiro atoms. The number of hydrogen-bond donors (Lipinski definition) is 1. The first kappa shape index (κ1) is 16.5. The first-order valence-electron chi connectivity index (χ1n) is 7.04. The molecule has 0 fully saturated rings. The third-order valence-electron chi connectivity index (χ3n) is 3.33. The number of benzene rings is 1. The molecule has 20 heavy (non-hydrogen) atoms. The largest absolute Gasteiger partial charge is 0.493 e. The molecule has 0 unspecified atom stereocenters. The Hall–Kier alpha value is -1.55. The van der Waals surface area contributed by atoms with Crippen LogP contribution in [0.1, 0.15) is 37.3 Å². The van der Waals surface area contributed by atoms with Gasteiger partial charge in [-0.25, -0.2) is 0 Å². The third kappa shape index (κ3) is 5.61. The summed E-state index contributed by atoms with van der Waals surface area (Å²) in [5.74, 6) is 0.603. The number of aryl methyl sites for hydroxylation is 2. The maximum atomic E-state index is 11.1. The topological polar surface area (TPSA) is 55.8 Å². The van der Waals surface area contributed by atoms with Crippen LogP contribution in [-0.2, 0) is 16.0 Å². The van der Waals surface area contributed by atoms with E-state index in [0.29, 0.717) is 25.9 Å². The number of rotatable bonds is 8. The normalized spacial score (nSPS) is 12.0. The molecule has 0 aliphatic carbocycles. The van der Waals surface area contributed by atoms with Crippen molar-refractivity contribution in [2.24, 2.45) is 0 Å². The van der Waals surface area contributed by atoms with E-state index in [1.165, 1.54) is 7.11 Å². The lowest BCUT2D eigenvalue weighted by Gasteiger charge is -2.11. The summed E-state index contributed by atoms with van der Waals surface area (Å²) in [6.07, 6.45) is 2.15. The fraction of sp³-hybridized carbons (Fsp3) is 0.562. The van der Waals surface area contributed by atoms with E-state index in [-0.39, 0.29) is 12.1 Å². The Morgan fingerprint density at radius 3 is 2.75 bits per heavy atom. The van der Waals surface area contributed by atoms with E-state index in [2.05, 4.69) is 4.74 Å². The van der Waals surface area contributed by atoms with Crippen molar-refractivity contribution in [2.75, 3.05) is 13.7 Å². The minimum Gasteiger partial charge on any atom is -0.493 e. The lowest BCUT2D eigenvalue weighted by atomic mass is 10.0. The summed E-state index contributed by atoms with van der Waals surface area (Å²) in [6, 6.07) is 5.84. The van der Waals surface area contributed by atoms with Crippen molar-refractivity contribution in [3.8, 4) is 5.75 Å². The zero-order valence-corrected chi connectivity index (χ0v) is 12.5. The quantitative estimate of drug-likeness (QED) is 0.744. The van der Waals surface area contributed by atoms with Crippen molar-refractivity contribution in [2.45, 2.75) is 45.6 Å². The Kier molecular flexibility index (Phi) is 7.09. The van der Waals surface area contributed by atoms with Gasteiger partial charge in [0.1, 0.15) is 5.75 Å². The molecule has 0 amide bonds. The number of carbonyl (C=O) groups is 1. The molecule has 1 rings (SSSR count). The Bertz CT molecular complexity index is 428. The predicted molar refractivity (Wildman–Crippen MR) is 77.9 cm³/mol. The molecule has 0 bridgehead atoms. The van der Waals surface area contributed by atoms with Gasteiger partial charge in [0.2, 0.25) is 0 Å². The molecule has 0 aliphatic rings. The fourth-order valence-electron chi connectivity index (χ4n) is 1.89. The van der Waals surface area contributed by atoms with Crippen LogP contribution in [0.2, 0.25) is 0 Å². The zero-order valence-electron chi connectivity index (χ0n) is 12.5. The van der Waals surface area contributed by atoms with E-state index < -0.39 is 0 Å². The average molecular weight is 280 g/mol. The van der Waals surface area contributed by atoms with Gasteiger partial charge in [0.05, 0.1) is 19.8 Å². The van der Waals surface area contributed by atoms with Crippen molar-refractivity contribution in [1.29, 1.82) is 0 Å². The summed E-state index contributed by atoms with van der Waals surface area (Å²) in [4.78, 5) is 11.1. The van der Waals surface area contributed by atoms with Gasteiger partial charge < -0.3 is 14.6 Å². The molecule has 1 aromatic rings. The van der Waals surface area contributed by atoms with Gasteiger partial charge in [-0.1, -0.05) is 13.0 Å². The van der Waals surface area contributed by atoms with Crippen molar-refractivity contribution in [1.82, 2.24) is 0 Å². The zero-order chi connectivity index (χ0) is 15.0. The van der Waals surface area contributed by atoms with Crippen LogP contribution in [0.5, 0.6) is 5.75 Å². The Balaban J connectivity index is 2.48. The summed E-state index contributed by atoms with van der Waals surface area (Å²) >= 11 is 0. The van der Waals surface area contributed by atoms with Crippen molar-refractivity contribution in [3.63, 3.8) is 0 Å². The van der Waals surface area contributed by atoms with Crippen LogP contribution in [0, 0.1) is 6.92 Å². The number of ether oxygens (including phenoxy) is 2. The molecule has 1 N–H and O–H groups in total. The summed E-state index contributed by atoms with van der Waals surface area (Å²) in [6.45, 7) is 4.46. The highest BCUT2D eigenvalue weighted by Gasteiger charge is 2.06. The Morgan fingerprint density at radius 1 is 1.40 bits per heavy atom. The molecule has 0 aromatic heterocycles. The minimum absolute atomic E-state index is 0.196.